The van der Waals surface area contributed by atoms with Gasteiger partial charge < -0.3 is 48.4 Å². The molecule has 0 amide bonds. The number of ether oxygens (including phenoxy) is 6. The highest BCUT2D eigenvalue weighted by molar-refractivity contribution is 7.87. The van der Waals surface area contributed by atoms with Crippen molar-refractivity contribution in [3.8, 4) is 11.8 Å². The molecule has 492 valence electrons. The summed E-state index contributed by atoms with van der Waals surface area (Å²) in [5.74, 6) is -2.27. The van der Waals surface area contributed by atoms with Crippen LogP contribution in [0.1, 0.15) is 51.2 Å². The Bertz CT molecular complexity index is 4230. The quantitative estimate of drug-likeness (QED) is 0.0118. The van der Waals surface area contributed by atoms with Gasteiger partial charge in [0.1, 0.15) is 16.4 Å². The summed E-state index contributed by atoms with van der Waals surface area (Å²) >= 11 is 0. The van der Waals surface area contributed by atoms with Gasteiger partial charge in [-0.15, -0.1) is 4.73 Å². The largest absolute Gasteiger partial charge is 0.492 e. The second kappa shape index (κ2) is 29.4. The number of allylic oxidation sites excluding steroid dienone is 8. The number of nitrogens with zero attached hydrogens (tertiary/aromatic N) is 3. The molecule has 2 aliphatic heterocycles. The van der Waals surface area contributed by atoms with Gasteiger partial charge >= 0.3 is 5.97 Å². The summed E-state index contributed by atoms with van der Waals surface area (Å²) in [6, 6.07) is 11.8. The predicted octanol–water partition coefficient (Wildman–Crippen LogP) is 5.34. The Kier molecular flexibility index (Phi) is 23.2. The molecule has 4 aromatic carbocycles. The van der Waals surface area contributed by atoms with Crippen LogP contribution >= 0.6 is 0 Å². The highest BCUT2D eigenvalue weighted by Crippen LogP contribution is 2.54. The number of carbonyl (C=O) groups excluding carboxylic acids is 1. The molecule has 5 aromatic rings. The summed E-state index contributed by atoms with van der Waals surface area (Å²) in [6.45, 7) is 7.86. The molecule has 28 nitrogen and oxygen atoms in total. The van der Waals surface area contributed by atoms with Crippen molar-refractivity contribution in [2.24, 2.45) is 0 Å². The van der Waals surface area contributed by atoms with Crippen molar-refractivity contribution in [2.75, 3.05) is 104 Å². The zero-order chi connectivity index (χ0) is 66.0. The van der Waals surface area contributed by atoms with Gasteiger partial charge in [0.2, 0.25) is 17.4 Å². The SMILES string of the molecule is COCCN1C(=CC=CC=CC=CC2=[N+](CCOCCOCCOCCOCCOCCC(=O)On3c(O)ccc3O)c3ccc4c(S(=O)(=O)O)cc(S(=O)(=O)O)cc4c3C2(C)C)C(C)(CCCS(=O)(=O)O)c2c1ccc1c(S(=O)(=O)O)cc(S(=O)(=O)O)cc21. The fourth-order valence-corrected chi connectivity index (χ4v) is 14.0. The average Bonchev–Trinajstić information content (AvgIpc) is 1.52. The normalized spacial score (nSPS) is 16.9. The van der Waals surface area contributed by atoms with Gasteiger partial charge in [-0.3, -0.25) is 22.8 Å². The van der Waals surface area contributed by atoms with Crippen molar-refractivity contribution >= 4 is 95.2 Å². The molecule has 7 N–H and O–H groups in total. The lowest BCUT2D eigenvalue weighted by atomic mass is 9.75. The fourth-order valence-electron chi connectivity index (χ4n) is 10.8. The molecule has 0 spiro atoms. The number of aromatic hydroxyl groups is 2. The first-order valence-electron chi connectivity index (χ1n) is 27.6. The molecule has 0 aliphatic carbocycles. The molecule has 0 saturated heterocycles. The van der Waals surface area contributed by atoms with E-state index in [0.29, 0.717) is 50.8 Å². The molecule has 0 fully saturated rings. The molecule has 2 aliphatic rings. The standard InChI is InChI=1S/C57H69N3O25S5/c1-56(2)49(11-8-6-5-7-9-12-50-57(3,20-10-34-86(64,65)66)55-44-36-40(88(70,71)72)38-48(90(76,77)78)42(44)14-16-46(55)59(50)21-24-79-4)58(45-15-13-41-43(54(45)56)35-39(87(67,68)69)37-47(41)89(73,74)75)22-25-81-27-29-83-31-33-84-32-30-82-28-26-80-23-19-53(63)85-60-51(61)17-18-52(60)62/h5-9,11-18,35-38H,10,19-34H2,1-4H3,(H6-,61,62,64,65,66,67,68,69,70,71,72,73,74,75,76,77,78)/p+1. The predicted molar refractivity (Wildman–Crippen MR) is 326 cm³/mol. The molecule has 3 heterocycles. The first kappa shape index (κ1) is 70.9. The van der Waals surface area contributed by atoms with Crippen LogP contribution in [0.25, 0.3) is 21.5 Å². The summed E-state index contributed by atoms with van der Waals surface area (Å²) in [7, 11) is -23.2. The second-order valence-electron chi connectivity index (χ2n) is 21.2. The number of hydrogen-bond acceptors (Lipinski definition) is 21. The van der Waals surface area contributed by atoms with E-state index >= 15 is 0 Å². The van der Waals surface area contributed by atoms with E-state index in [2.05, 4.69) is 0 Å². The van der Waals surface area contributed by atoms with Crippen LogP contribution in [0.15, 0.2) is 128 Å². The molecule has 0 radical (unpaired) electrons. The van der Waals surface area contributed by atoms with Crippen LogP contribution in [0.3, 0.4) is 0 Å². The Labute approximate surface area is 520 Å². The number of benzene rings is 4. The second-order valence-corrected chi connectivity index (χ2v) is 28.4. The third kappa shape index (κ3) is 17.3. The smallest absolute Gasteiger partial charge is 0.335 e. The van der Waals surface area contributed by atoms with Crippen molar-refractivity contribution in [1.82, 2.24) is 4.73 Å². The van der Waals surface area contributed by atoms with E-state index in [1.54, 1.807) is 61.6 Å². The monoisotopic (exact) mass is 1360 g/mol. The van der Waals surface area contributed by atoms with Crippen LogP contribution in [0.5, 0.6) is 11.8 Å². The maximum atomic E-state index is 12.7. The minimum atomic E-state index is -5.09. The first-order valence-corrected chi connectivity index (χ1v) is 35.0. The molecule has 0 bridgehead atoms. The fraction of sp³-hybridized carbons (Fsp3) is 0.404. The summed E-state index contributed by atoms with van der Waals surface area (Å²) < 4.78 is 211. The maximum absolute atomic E-state index is 12.7. The Morgan fingerprint density at radius 3 is 1.57 bits per heavy atom. The van der Waals surface area contributed by atoms with Crippen LogP contribution in [0.4, 0.5) is 11.4 Å². The van der Waals surface area contributed by atoms with E-state index in [1.807, 2.05) is 23.3 Å². The van der Waals surface area contributed by atoms with Crippen molar-refractivity contribution in [3.63, 3.8) is 0 Å². The number of hydrogen-bond donors (Lipinski definition) is 7. The summed E-state index contributed by atoms with van der Waals surface area (Å²) in [6.07, 6.45) is 11.6. The zero-order valence-electron chi connectivity index (χ0n) is 49.2. The third-order valence-corrected chi connectivity index (χ3v) is 19.0. The van der Waals surface area contributed by atoms with Gasteiger partial charge in [-0.05, 0) is 92.4 Å². The average molecular weight is 1360 g/mol. The van der Waals surface area contributed by atoms with E-state index < -0.39 is 104 Å². The minimum Gasteiger partial charge on any atom is -0.492 e. The lowest BCUT2D eigenvalue weighted by molar-refractivity contribution is -0.442. The van der Waals surface area contributed by atoms with Crippen LogP contribution < -0.4 is 9.74 Å². The van der Waals surface area contributed by atoms with Crippen molar-refractivity contribution in [3.05, 3.63) is 120 Å². The van der Waals surface area contributed by atoms with Gasteiger partial charge in [-0.25, -0.2) is 4.79 Å². The Balaban J connectivity index is 1.06. The molecule has 1 atom stereocenters. The first-order chi connectivity index (χ1) is 42.2. The molecule has 1 unspecified atom stereocenters. The summed E-state index contributed by atoms with van der Waals surface area (Å²) in [4.78, 5) is 15.4. The van der Waals surface area contributed by atoms with E-state index in [1.165, 1.54) is 19.2 Å². The Hall–Kier alpha value is -6.51. The number of anilines is 1. The minimum absolute atomic E-state index is 0.00677. The Morgan fingerprint density at radius 1 is 0.567 bits per heavy atom. The van der Waals surface area contributed by atoms with E-state index in [9.17, 15) is 79.9 Å². The molecule has 7 rings (SSSR count). The van der Waals surface area contributed by atoms with Gasteiger partial charge in [0.15, 0.2) is 12.3 Å². The van der Waals surface area contributed by atoms with Crippen LogP contribution in [0, 0.1) is 0 Å². The number of carbonyl (C=O) groups is 1. The maximum Gasteiger partial charge on any atom is 0.335 e. The van der Waals surface area contributed by atoms with Gasteiger partial charge in [-0.2, -0.15) is 46.7 Å². The number of aromatic nitrogens is 1. The van der Waals surface area contributed by atoms with Crippen molar-refractivity contribution in [1.29, 1.82) is 0 Å². The van der Waals surface area contributed by atoms with E-state index in [-0.39, 0.29) is 127 Å². The number of methoxy groups -OCH3 is 1. The van der Waals surface area contributed by atoms with Crippen LogP contribution in [-0.4, -0.2) is 195 Å². The molecular formula is C57H70N3O25S5+. The Morgan fingerprint density at radius 2 is 1.06 bits per heavy atom. The van der Waals surface area contributed by atoms with Gasteiger partial charge in [0.25, 0.3) is 50.6 Å². The van der Waals surface area contributed by atoms with Crippen LogP contribution in [0.2, 0.25) is 0 Å². The van der Waals surface area contributed by atoms with E-state index in [4.69, 9.17) is 33.3 Å². The third-order valence-electron chi connectivity index (χ3n) is 14.7. The number of fused-ring (bicyclic) bond motifs is 6. The highest BCUT2D eigenvalue weighted by atomic mass is 32.2. The van der Waals surface area contributed by atoms with Gasteiger partial charge in [-0.1, -0.05) is 36.4 Å². The lowest BCUT2D eigenvalue weighted by Crippen LogP contribution is -2.31. The molecular weight excluding hydrogens is 1290 g/mol. The van der Waals surface area contributed by atoms with E-state index in [0.717, 1.165) is 24.3 Å². The molecule has 33 heteroatoms. The van der Waals surface area contributed by atoms with Gasteiger partial charge in [0, 0.05) is 71.1 Å². The highest BCUT2D eigenvalue weighted by Gasteiger charge is 2.47. The van der Waals surface area contributed by atoms with Crippen molar-refractivity contribution in [2.45, 2.75) is 70.4 Å². The van der Waals surface area contributed by atoms with Crippen LogP contribution in [-0.2, 0) is 94.6 Å². The zero-order valence-corrected chi connectivity index (χ0v) is 53.3. The van der Waals surface area contributed by atoms with Gasteiger partial charge in [0.05, 0.1) is 93.4 Å². The summed E-state index contributed by atoms with van der Waals surface area (Å²) in [5.41, 5.74) is 0.648. The molecule has 90 heavy (non-hydrogen) atoms. The van der Waals surface area contributed by atoms with Crippen molar-refractivity contribution < 1.29 is 118 Å². The molecule has 1 aromatic heterocycles. The topological polar surface area (TPSA) is 405 Å². The summed E-state index contributed by atoms with van der Waals surface area (Å²) in [5, 5.41) is 19.1. The molecule has 0 saturated carbocycles. The number of rotatable bonds is 34. The lowest BCUT2D eigenvalue weighted by Gasteiger charge is -2.30.